The quantitative estimate of drug-likeness (QED) is 0.759. The lowest BCUT2D eigenvalue weighted by Gasteiger charge is -2.05. The molecule has 6 heteroatoms. The van der Waals surface area contributed by atoms with E-state index in [4.69, 9.17) is 11.6 Å². The van der Waals surface area contributed by atoms with Crippen LogP contribution in [-0.4, -0.2) is 19.9 Å². The molecule has 0 radical (unpaired) electrons. The van der Waals surface area contributed by atoms with Crippen LogP contribution in [0.3, 0.4) is 0 Å². The van der Waals surface area contributed by atoms with Crippen molar-refractivity contribution in [3.63, 3.8) is 0 Å². The largest absolute Gasteiger partial charge is 0.392 e. The molecule has 0 saturated carbocycles. The number of halogens is 1. The maximum Gasteiger partial charge on any atom is 0.282 e. The lowest BCUT2D eigenvalue weighted by atomic mass is 10.1. The molecule has 2 heterocycles. The number of aromatic amines is 1. The minimum Gasteiger partial charge on any atom is -0.392 e. The summed E-state index contributed by atoms with van der Waals surface area (Å²) in [5.41, 5.74) is 2.80. The molecular weight excluding hydrogens is 278 g/mol. The van der Waals surface area contributed by atoms with Gasteiger partial charge in [-0.3, -0.25) is 4.79 Å². The Balaban J connectivity index is 2.28. The first-order chi connectivity index (χ1) is 9.61. The number of hydrogen-bond acceptors (Lipinski definition) is 3. The van der Waals surface area contributed by atoms with Gasteiger partial charge in [-0.1, -0.05) is 11.6 Å². The maximum absolute atomic E-state index is 12.4. The monoisotopic (exact) mass is 289 g/mol. The van der Waals surface area contributed by atoms with Crippen molar-refractivity contribution in [1.29, 1.82) is 0 Å². The van der Waals surface area contributed by atoms with Crippen LogP contribution in [0.1, 0.15) is 11.3 Å². The van der Waals surface area contributed by atoms with Crippen LogP contribution < -0.4 is 5.56 Å². The summed E-state index contributed by atoms with van der Waals surface area (Å²) in [5, 5.41) is 14.4. The van der Waals surface area contributed by atoms with Crippen LogP contribution in [0.25, 0.3) is 16.9 Å². The summed E-state index contributed by atoms with van der Waals surface area (Å²) in [7, 11) is 0. The van der Waals surface area contributed by atoms with Crippen LogP contribution in [0.4, 0.5) is 0 Å². The average Bonchev–Trinajstić information content (AvgIpc) is 2.77. The van der Waals surface area contributed by atoms with Crippen LogP contribution >= 0.6 is 11.6 Å². The van der Waals surface area contributed by atoms with Gasteiger partial charge in [0, 0.05) is 22.5 Å². The van der Waals surface area contributed by atoms with Crippen molar-refractivity contribution in [1.82, 2.24) is 14.8 Å². The molecule has 0 saturated heterocycles. The third-order valence-corrected chi connectivity index (χ3v) is 3.53. The van der Waals surface area contributed by atoms with E-state index in [1.807, 2.05) is 6.92 Å². The van der Waals surface area contributed by atoms with Gasteiger partial charge in [0.25, 0.3) is 5.56 Å². The number of aryl methyl sites for hydroxylation is 1. The molecule has 2 aliphatic rings. The van der Waals surface area contributed by atoms with E-state index in [0.29, 0.717) is 27.5 Å². The topological polar surface area (TPSA) is 70.9 Å². The highest BCUT2D eigenvalue weighted by Crippen LogP contribution is 2.23. The zero-order valence-corrected chi connectivity index (χ0v) is 11.5. The minimum absolute atomic E-state index is 0.170. The molecule has 1 aromatic rings. The molecule has 0 bridgehead atoms. The molecule has 0 spiro atoms. The van der Waals surface area contributed by atoms with Crippen molar-refractivity contribution < 1.29 is 5.11 Å². The highest BCUT2D eigenvalue weighted by molar-refractivity contribution is 6.30. The summed E-state index contributed by atoms with van der Waals surface area (Å²) in [5.74, 6) is 0. The van der Waals surface area contributed by atoms with Crippen LogP contribution in [0.5, 0.6) is 0 Å². The van der Waals surface area contributed by atoms with Gasteiger partial charge < -0.3 is 10.1 Å². The number of hydrogen-bond donors (Lipinski definition) is 2. The molecule has 1 aromatic carbocycles. The van der Waals surface area contributed by atoms with E-state index in [-0.39, 0.29) is 12.2 Å². The second kappa shape index (κ2) is 4.77. The van der Waals surface area contributed by atoms with Gasteiger partial charge in [-0.05, 0) is 31.2 Å². The Morgan fingerprint density at radius 1 is 1.35 bits per heavy atom. The third-order valence-electron chi connectivity index (χ3n) is 3.28. The molecule has 0 unspecified atom stereocenters. The summed E-state index contributed by atoms with van der Waals surface area (Å²) in [4.78, 5) is 15.3. The number of H-pyrrole nitrogens is 1. The van der Waals surface area contributed by atoms with Crippen molar-refractivity contribution >= 4 is 11.6 Å². The zero-order valence-electron chi connectivity index (χ0n) is 10.7. The Morgan fingerprint density at radius 3 is 2.70 bits per heavy atom. The Kier molecular flexibility index (Phi) is 3.08. The van der Waals surface area contributed by atoms with E-state index in [1.54, 1.807) is 30.5 Å². The fourth-order valence-corrected chi connectivity index (χ4v) is 2.29. The van der Waals surface area contributed by atoms with Crippen LogP contribution in [0, 0.1) is 6.92 Å². The number of pyridine rings is 1. The standard InChI is InChI=1S/C14H12ClN3O2/c1-8-12(7-19)13-11(6-16-8)14(20)18(17-13)10-4-2-9(15)3-5-10/h2-6,16,19H,7H2,1H3. The number of benzene rings is 1. The Labute approximate surface area is 119 Å². The van der Waals surface area contributed by atoms with E-state index in [0.717, 1.165) is 5.69 Å². The van der Waals surface area contributed by atoms with E-state index in [1.165, 1.54) is 4.68 Å². The molecule has 2 aliphatic heterocycles. The first kappa shape index (κ1) is 12.9. The molecule has 0 fully saturated rings. The molecule has 5 nitrogen and oxygen atoms in total. The molecule has 0 aliphatic carbocycles. The number of aromatic nitrogens is 3. The van der Waals surface area contributed by atoms with Crippen LogP contribution in [-0.2, 0) is 6.61 Å². The van der Waals surface area contributed by atoms with E-state index in [9.17, 15) is 9.90 Å². The van der Waals surface area contributed by atoms with Gasteiger partial charge in [0.05, 0.1) is 17.9 Å². The van der Waals surface area contributed by atoms with Crippen molar-refractivity contribution in [3.8, 4) is 16.9 Å². The maximum atomic E-state index is 12.4. The lowest BCUT2D eigenvalue weighted by Crippen LogP contribution is -2.14. The van der Waals surface area contributed by atoms with E-state index < -0.39 is 0 Å². The number of fused-ring (bicyclic) bond motifs is 1. The number of aliphatic hydroxyl groups is 1. The molecule has 20 heavy (non-hydrogen) atoms. The average molecular weight is 290 g/mol. The molecule has 3 rings (SSSR count). The molecule has 2 N–H and O–H groups in total. The predicted molar refractivity (Wildman–Crippen MR) is 76.5 cm³/mol. The second-order valence-corrected chi connectivity index (χ2v) is 4.94. The highest BCUT2D eigenvalue weighted by Gasteiger charge is 2.20. The number of rotatable bonds is 2. The SMILES string of the molecule is Cc1[nH]cc2c(=O)n(-c3ccc(Cl)cc3)nc-2c1CO. The molecule has 0 atom stereocenters. The first-order valence-electron chi connectivity index (χ1n) is 6.08. The lowest BCUT2D eigenvalue weighted by molar-refractivity contribution is 0.280. The third kappa shape index (κ3) is 1.92. The first-order valence-corrected chi connectivity index (χ1v) is 6.46. The van der Waals surface area contributed by atoms with Crippen molar-refractivity contribution in [2.24, 2.45) is 0 Å². The summed E-state index contributed by atoms with van der Waals surface area (Å²) < 4.78 is 1.31. The Morgan fingerprint density at radius 2 is 2.05 bits per heavy atom. The molecule has 0 aromatic heterocycles. The second-order valence-electron chi connectivity index (χ2n) is 4.51. The summed E-state index contributed by atoms with van der Waals surface area (Å²) >= 11 is 5.84. The predicted octanol–water partition coefficient (Wildman–Crippen LogP) is 2.12. The van der Waals surface area contributed by atoms with Gasteiger partial charge in [0.15, 0.2) is 0 Å². The van der Waals surface area contributed by atoms with Gasteiger partial charge in [0.2, 0.25) is 0 Å². The normalized spacial score (nSPS) is 11.2. The fourth-order valence-electron chi connectivity index (χ4n) is 2.16. The minimum atomic E-state index is -0.228. The summed E-state index contributed by atoms with van der Waals surface area (Å²) in [6.45, 7) is 1.66. The highest BCUT2D eigenvalue weighted by atomic mass is 35.5. The zero-order chi connectivity index (χ0) is 14.3. The van der Waals surface area contributed by atoms with Crippen LogP contribution in [0.2, 0.25) is 5.02 Å². The summed E-state index contributed by atoms with van der Waals surface area (Å²) in [6.07, 6.45) is 1.62. The summed E-state index contributed by atoms with van der Waals surface area (Å²) in [6, 6.07) is 6.86. The molecular formula is C14H12ClN3O2. The fraction of sp³-hybridized carbons (Fsp3) is 0.143. The van der Waals surface area contributed by atoms with Gasteiger partial charge in [-0.2, -0.15) is 9.78 Å². The van der Waals surface area contributed by atoms with Gasteiger partial charge >= 0.3 is 0 Å². The number of nitrogens with zero attached hydrogens (tertiary/aromatic N) is 2. The van der Waals surface area contributed by atoms with Gasteiger partial charge in [0.1, 0.15) is 5.69 Å². The smallest absolute Gasteiger partial charge is 0.282 e. The van der Waals surface area contributed by atoms with E-state index in [2.05, 4.69) is 10.1 Å². The number of aliphatic hydroxyl groups excluding tert-OH is 1. The van der Waals surface area contributed by atoms with Gasteiger partial charge in [-0.25, -0.2) is 0 Å². The molecule has 0 amide bonds. The molecule has 102 valence electrons. The van der Waals surface area contributed by atoms with Crippen LogP contribution in [0.15, 0.2) is 35.3 Å². The van der Waals surface area contributed by atoms with Crippen molar-refractivity contribution in [2.75, 3.05) is 0 Å². The van der Waals surface area contributed by atoms with Crippen molar-refractivity contribution in [2.45, 2.75) is 13.5 Å². The van der Waals surface area contributed by atoms with Gasteiger partial charge in [-0.15, -0.1) is 0 Å². The van der Waals surface area contributed by atoms with E-state index >= 15 is 0 Å². The Bertz CT molecular complexity index is 789. The van der Waals surface area contributed by atoms with Crippen molar-refractivity contribution in [3.05, 3.63) is 57.1 Å². The number of nitrogens with one attached hydrogen (secondary N) is 1. The Hall–Kier alpha value is -2.11.